The summed E-state index contributed by atoms with van der Waals surface area (Å²) in [6.07, 6.45) is 3.55. The van der Waals surface area contributed by atoms with Crippen molar-refractivity contribution < 1.29 is 4.79 Å². The Hall–Kier alpha value is -1.37. The molecule has 0 atom stereocenters. The van der Waals surface area contributed by atoms with Gasteiger partial charge in [0.05, 0.1) is 0 Å². The second-order valence-corrected chi connectivity index (χ2v) is 3.26. The molecular weight excluding hydrogens is 160 g/mol. The second-order valence-electron chi connectivity index (χ2n) is 3.26. The number of benzene rings is 1. The average Bonchev–Trinajstić information content (AvgIpc) is 2.60. The molecule has 1 aliphatic carbocycles. The number of allylic oxidation sites excluding steroid dienone is 2. The average molecular weight is 172 g/mol. The fraction of sp³-hybridized carbons (Fsp3) is 0.250. The Labute approximate surface area is 78.1 Å². The molecule has 1 aromatic carbocycles. The predicted octanol–water partition coefficient (Wildman–Crippen LogP) is 2.61. The van der Waals surface area contributed by atoms with Gasteiger partial charge in [-0.25, -0.2) is 0 Å². The maximum Gasteiger partial charge on any atom is 0.162 e. The summed E-state index contributed by atoms with van der Waals surface area (Å²) in [6.45, 7) is 1.91. The van der Waals surface area contributed by atoms with Crippen LogP contribution in [0.25, 0.3) is 5.57 Å². The summed E-state index contributed by atoms with van der Waals surface area (Å²) in [5.74, 6) is 0.255. The molecule has 0 fully saturated rings. The number of rotatable bonds is 2. The summed E-state index contributed by atoms with van der Waals surface area (Å²) < 4.78 is 0. The molecule has 0 spiro atoms. The van der Waals surface area contributed by atoms with E-state index in [2.05, 4.69) is 6.07 Å². The van der Waals surface area contributed by atoms with Gasteiger partial charge in [-0.1, -0.05) is 37.3 Å². The van der Waals surface area contributed by atoms with Crippen molar-refractivity contribution in [1.29, 1.82) is 0 Å². The lowest BCUT2D eigenvalue weighted by atomic mass is 10.0. The van der Waals surface area contributed by atoms with E-state index < -0.39 is 0 Å². The third kappa shape index (κ3) is 1.31. The van der Waals surface area contributed by atoms with E-state index in [9.17, 15) is 4.79 Å². The van der Waals surface area contributed by atoms with Gasteiger partial charge in [-0.15, -0.1) is 0 Å². The van der Waals surface area contributed by atoms with Crippen molar-refractivity contribution in [3.63, 3.8) is 0 Å². The molecule has 0 unspecified atom stereocenters. The van der Waals surface area contributed by atoms with Gasteiger partial charge in [0, 0.05) is 12.0 Å². The highest BCUT2D eigenvalue weighted by Crippen LogP contribution is 2.28. The van der Waals surface area contributed by atoms with Crippen LogP contribution in [0.2, 0.25) is 0 Å². The Kier molecular flexibility index (Phi) is 2.01. The van der Waals surface area contributed by atoms with Crippen LogP contribution < -0.4 is 0 Å². The molecule has 0 aliphatic heterocycles. The fourth-order valence-corrected chi connectivity index (χ4v) is 1.74. The molecule has 2 rings (SSSR count). The van der Waals surface area contributed by atoms with Gasteiger partial charge in [-0.05, 0) is 17.5 Å². The van der Waals surface area contributed by atoms with E-state index in [4.69, 9.17) is 0 Å². The molecule has 0 aromatic heterocycles. The van der Waals surface area contributed by atoms with Crippen LogP contribution in [0.4, 0.5) is 0 Å². The summed E-state index contributed by atoms with van der Waals surface area (Å²) in [4.78, 5) is 11.5. The van der Waals surface area contributed by atoms with Gasteiger partial charge in [0.1, 0.15) is 0 Å². The molecule has 1 nitrogen and oxygen atoms in total. The van der Waals surface area contributed by atoms with Crippen molar-refractivity contribution in [2.75, 3.05) is 0 Å². The van der Waals surface area contributed by atoms with Crippen molar-refractivity contribution in [2.45, 2.75) is 19.8 Å². The van der Waals surface area contributed by atoms with Crippen LogP contribution in [0, 0.1) is 0 Å². The monoisotopic (exact) mass is 172 g/mol. The minimum Gasteiger partial charge on any atom is -0.294 e. The van der Waals surface area contributed by atoms with Crippen molar-refractivity contribution in [2.24, 2.45) is 0 Å². The molecule has 66 valence electrons. The van der Waals surface area contributed by atoms with Crippen LogP contribution in [0.3, 0.4) is 0 Å². The first-order valence-electron chi connectivity index (χ1n) is 4.64. The van der Waals surface area contributed by atoms with E-state index in [0.717, 1.165) is 17.6 Å². The molecule has 0 bridgehead atoms. The summed E-state index contributed by atoms with van der Waals surface area (Å²) in [5, 5.41) is 0. The van der Waals surface area contributed by atoms with Crippen LogP contribution >= 0.6 is 0 Å². The van der Waals surface area contributed by atoms with Gasteiger partial charge in [0.2, 0.25) is 0 Å². The second kappa shape index (κ2) is 3.17. The van der Waals surface area contributed by atoms with Crippen molar-refractivity contribution in [1.82, 2.24) is 0 Å². The summed E-state index contributed by atoms with van der Waals surface area (Å²) in [5.41, 5.74) is 3.33. The van der Waals surface area contributed by atoms with E-state index in [1.807, 2.05) is 31.2 Å². The maximum atomic E-state index is 11.5. The minimum atomic E-state index is 0.255. The standard InChI is InChI=1S/C12H12O/c1-2-12(13)11-8-7-9-5-3-4-6-10(9)11/h3-6,8H,2,7H2,1H3. The zero-order valence-electron chi connectivity index (χ0n) is 7.71. The Bertz CT molecular complexity index is 374. The highest BCUT2D eigenvalue weighted by molar-refractivity contribution is 6.21. The fourth-order valence-electron chi connectivity index (χ4n) is 1.74. The third-order valence-electron chi connectivity index (χ3n) is 2.46. The predicted molar refractivity (Wildman–Crippen MR) is 53.4 cm³/mol. The van der Waals surface area contributed by atoms with E-state index in [-0.39, 0.29) is 5.78 Å². The maximum absolute atomic E-state index is 11.5. The molecular formula is C12H12O. The number of fused-ring (bicyclic) bond motifs is 1. The van der Waals surface area contributed by atoms with Gasteiger partial charge in [0.25, 0.3) is 0 Å². The number of carbonyl (C=O) groups is 1. The minimum absolute atomic E-state index is 0.255. The van der Waals surface area contributed by atoms with Crippen LogP contribution in [-0.4, -0.2) is 5.78 Å². The number of ketones is 1. The zero-order chi connectivity index (χ0) is 9.26. The largest absolute Gasteiger partial charge is 0.294 e. The molecule has 0 saturated carbocycles. The van der Waals surface area contributed by atoms with Crippen LogP contribution in [-0.2, 0) is 11.2 Å². The number of hydrogen-bond acceptors (Lipinski definition) is 1. The summed E-state index contributed by atoms with van der Waals surface area (Å²) >= 11 is 0. The molecule has 1 aromatic rings. The molecule has 0 N–H and O–H groups in total. The quantitative estimate of drug-likeness (QED) is 0.670. The molecule has 1 aliphatic rings. The highest BCUT2D eigenvalue weighted by Gasteiger charge is 2.17. The normalized spacial score (nSPS) is 13.8. The number of hydrogen-bond donors (Lipinski definition) is 0. The lowest BCUT2D eigenvalue weighted by Gasteiger charge is -2.01. The van der Waals surface area contributed by atoms with E-state index in [0.29, 0.717) is 6.42 Å². The topological polar surface area (TPSA) is 17.1 Å². The van der Waals surface area contributed by atoms with Gasteiger partial charge < -0.3 is 0 Å². The molecule has 0 saturated heterocycles. The Morgan fingerprint density at radius 3 is 2.92 bits per heavy atom. The van der Waals surface area contributed by atoms with E-state index in [1.54, 1.807) is 0 Å². The van der Waals surface area contributed by atoms with Crippen molar-refractivity contribution in [3.05, 3.63) is 41.5 Å². The Morgan fingerprint density at radius 1 is 1.38 bits per heavy atom. The lowest BCUT2D eigenvalue weighted by molar-refractivity contribution is -0.113. The number of carbonyl (C=O) groups excluding carboxylic acids is 1. The van der Waals surface area contributed by atoms with Gasteiger partial charge in [0.15, 0.2) is 5.78 Å². The molecule has 0 amide bonds. The Balaban J connectivity index is 2.41. The summed E-state index contributed by atoms with van der Waals surface area (Å²) in [7, 11) is 0. The summed E-state index contributed by atoms with van der Waals surface area (Å²) in [6, 6.07) is 8.12. The first-order chi connectivity index (χ1) is 6.33. The third-order valence-corrected chi connectivity index (χ3v) is 2.46. The zero-order valence-corrected chi connectivity index (χ0v) is 7.71. The van der Waals surface area contributed by atoms with Crippen LogP contribution in [0.15, 0.2) is 30.3 Å². The molecule has 13 heavy (non-hydrogen) atoms. The SMILES string of the molecule is CCC(=O)C1=CCc2ccccc21. The van der Waals surface area contributed by atoms with Crippen molar-refractivity contribution >= 4 is 11.4 Å². The molecule has 0 radical (unpaired) electrons. The first kappa shape index (κ1) is 8.24. The van der Waals surface area contributed by atoms with Crippen molar-refractivity contribution in [3.8, 4) is 0 Å². The first-order valence-corrected chi connectivity index (χ1v) is 4.64. The molecule has 0 heterocycles. The number of Topliss-reactive ketones (excluding diaryl/α,β-unsaturated/α-hetero) is 1. The van der Waals surface area contributed by atoms with Gasteiger partial charge in [-0.2, -0.15) is 0 Å². The van der Waals surface area contributed by atoms with E-state index >= 15 is 0 Å². The lowest BCUT2D eigenvalue weighted by Crippen LogP contribution is -1.97. The van der Waals surface area contributed by atoms with Crippen LogP contribution in [0.1, 0.15) is 24.5 Å². The van der Waals surface area contributed by atoms with Gasteiger partial charge >= 0.3 is 0 Å². The highest BCUT2D eigenvalue weighted by atomic mass is 16.1. The Morgan fingerprint density at radius 2 is 2.15 bits per heavy atom. The smallest absolute Gasteiger partial charge is 0.162 e. The molecule has 1 heteroatoms. The van der Waals surface area contributed by atoms with Gasteiger partial charge in [-0.3, -0.25) is 4.79 Å². The van der Waals surface area contributed by atoms with Crippen LogP contribution in [0.5, 0.6) is 0 Å². The van der Waals surface area contributed by atoms with E-state index in [1.165, 1.54) is 5.56 Å².